The molecule has 8 heteroatoms. The van der Waals surface area contributed by atoms with Crippen LogP contribution in [0.1, 0.15) is 51.4 Å². The van der Waals surface area contributed by atoms with Crippen LogP contribution < -0.4 is 5.73 Å². The van der Waals surface area contributed by atoms with Gasteiger partial charge in [-0.25, -0.2) is 0 Å². The molecule has 152 valence electrons. The molecule has 3 rings (SSSR count). The molecule has 0 unspecified atom stereocenters. The summed E-state index contributed by atoms with van der Waals surface area (Å²) < 4.78 is 0. The van der Waals surface area contributed by atoms with Crippen molar-refractivity contribution in [1.82, 2.24) is 14.7 Å². The van der Waals surface area contributed by atoms with Crippen LogP contribution in [0.5, 0.6) is 0 Å². The van der Waals surface area contributed by atoms with Crippen LogP contribution in [0.25, 0.3) is 0 Å². The number of nitrogens with two attached hydrogens (primary N) is 1. The number of amides is 2. The Morgan fingerprint density at radius 1 is 0.731 bits per heavy atom. The SMILES string of the molecule is Cl.Cl.NC1(C(=O)N2CCCN(CC(=O)N3CCCC3)CC2)CCCCC1. The Labute approximate surface area is 169 Å². The van der Waals surface area contributed by atoms with E-state index in [9.17, 15) is 9.59 Å². The third kappa shape index (κ3) is 5.72. The predicted molar refractivity (Wildman–Crippen MR) is 108 cm³/mol. The zero-order valence-corrected chi connectivity index (χ0v) is 17.3. The minimum absolute atomic E-state index is 0. The Bertz CT molecular complexity index is 466. The number of likely N-dealkylation sites (tertiary alicyclic amines) is 1. The number of hydrogen-bond donors (Lipinski definition) is 1. The highest BCUT2D eigenvalue weighted by Gasteiger charge is 2.38. The molecule has 2 N–H and O–H groups in total. The average Bonchev–Trinajstić information content (AvgIpc) is 3.03. The van der Waals surface area contributed by atoms with Crippen LogP contribution in [0.3, 0.4) is 0 Å². The van der Waals surface area contributed by atoms with E-state index in [-0.39, 0.29) is 36.6 Å². The fourth-order valence-electron chi connectivity index (χ4n) is 4.30. The highest BCUT2D eigenvalue weighted by Crippen LogP contribution is 2.28. The van der Waals surface area contributed by atoms with Crippen molar-refractivity contribution in [2.24, 2.45) is 5.73 Å². The Morgan fingerprint density at radius 3 is 2.00 bits per heavy atom. The first-order valence-corrected chi connectivity index (χ1v) is 9.67. The Kier molecular flexibility index (Phi) is 9.65. The quantitative estimate of drug-likeness (QED) is 0.770. The van der Waals surface area contributed by atoms with Crippen LogP contribution >= 0.6 is 24.8 Å². The average molecular weight is 409 g/mol. The molecule has 0 aromatic rings. The highest BCUT2D eigenvalue weighted by molar-refractivity contribution is 5.86. The van der Waals surface area contributed by atoms with E-state index in [4.69, 9.17) is 5.73 Å². The summed E-state index contributed by atoms with van der Waals surface area (Å²) in [6.07, 6.45) is 8.14. The first kappa shape index (κ1) is 23.5. The van der Waals surface area contributed by atoms with E-state index in [1.165, 1.54) is 6.42 Å². The van der Waals surface area contributed by atoms with Crippen molar-refractivity contribution in [1.29, 1.82) is 0 Å². The molecular formula is C18H34Cl2N4O2. The number of carbonyl (C=O) groups is 2. The highest BCUT2D eigenvalue weighted by atomic mass is 35.5. The molecule has 2 amide bonds. The van der Waals surface area contributed by atoms with Gasteiger partial charge in [0.25, 0.3) is 0 Å². The normalized spacial score (nSPS) is 23.6. The fraction of sp³-hybridized carbons (Fsp3) is 0.889. The Balaban J connectivity index is 0.00000169. The van der Waals surface area contributed by atoms with Crippen molar-refractivity contribution in [2.45, 2.75) is 56.9 Å². The topological polar surface area (TPSA) is 69.9 Å². The van der Waals surface area contributed by atoms with Gasteiger partial charge in [0.15, 0.2) is 0 Å². The molecule has 3 fully saturated rings. The molecule has 2 saturated heterocycles. The second-order valence-electron chi connectivity index (χ2n) is 7.73. The lowest BCUT2D eigenvalue weighted by Gasteiger charge is -2.36. The fourth-order valence-corrected chi connectivity index (χ4v) is 4.30. The molecule has 6 nitrogen and oxygen atoms in total. The lowest BCUT2D eigenvalue weighted by atomic mass is 9.81. The second-order valence-corrected chi connectivity index (χ2v) is 7.73. The van der Waals surface area contributed by atoms with E-state index in [0.29, 0.717) is 13.1 Å². The van der Waals surface area contributed by atoms with Crippen LogP contribution in [-0.2, 0) is 9.59 Å². The van der Waals surface area contributed by atoms with Gasteiger partial charge in [-0.2, -0.15) is 0 Å². The van der Waals surface area contributed by atoms with E-state index >= 15 is 0 Å². The lowest BCUT2D eigenvalue weighted by molar-refractivity contribution is -0.138. The molecule has 1 saturated carbocycles. The van der Waals surface area contributed by atoms with Crippen LogP contribution in [-0.4, -0.2) is 77.9 Å². The van der Waals surface area contributed by atoms with Gasteiger partial charge in [0, 0.05) is 39.3 Å². The number of rotatable bonds is 3. The zero-order chi connectivity index (χ0) is 17.0. The predicted octanol–water partition coefficient (Wildman–Crippen LogP) is 1.65. The molecule has 0 radical (unpaired) electrons. The molecule has 0 aromatic heterocycles. The van der Waals surface area contributed by atoms with Crippen LogP contribution in [0.2, 0.25) is 0 Å². The van der Waals surface area contributed by atoms with Gasteiger partial charge in [-0.3, -0.25) is 14.5 Å². The molecular weight excluding hydrogens is 375 g/mol. The number of halogens is 2. The first-order chi connectivity index (χ1) is 11.6. The molecule has 2 heterocycles. The lowest BCUT2D eigenvalue weighted by Crippen LogP contribution is -2.56. The van der Waals surface area contributed by atoms with E-state index in [2.05, 4.69) is 4.90 Å². The Hall–Kier alpha value is -0.560. The summed E-state index contributed by atoms with van der Waals surface area (Å²) >= 11 is 0. The smallest absolute Gasteiger partial charge is 0.242 e. The molecule has 0 aromatic carbocycles. The summed E-state index contributed by atoms with van der Waals surface area (Å²) in [4.78, 5) is 31.3. The largest absolute Gasteiger partial charge is 0.342 e. The van der Waals surface area contributed by atoms with Crippen LogP contribution in [0, 0.1) is 0 Å². The number of hydrogen-bond acceptors (Lipinski definition) is 4. The minimum atomic E-state index is -0.640. The molecule has 1 aliphatic carbocycles. The molecule has 2 aliphatic heterocycles. The summed E-state index contributed by atoms with van der Waals surface area (Å²) in [5.41, 5.74) is 5.78. The van der Waals surface area contributed by atoms with Gasteiger partial charge in [0.2, 0.25) is 11.8 Å². The summed E-state index contributed by atoms with van der Waals surface area (Å²) in [6.45, 7) is 5.45. The van der Waals surface area contributed by atoms with Crippen molar-refractivity contribution in [3.05, 3.63) is 0 Å². The maximum atomic E-state index is 12.9. The maximum absolute atomic E-state index is 12.9. The summed E-state index contributed by atoms with van der Waals surface area (Å²) in [5.74, 6) is 0.379. The van der Waals surface area contributed by atoms with Gasteiger partial charge in [-0.05, 0) is 32.1 Å². The number of carbonyl (C=O) groups excluding carboxylic acids is 2. The molecule has 0 atom stereocenters. The second kappa shape index (κ2) is 10.7. The van der Waals surface area contributed by atoms with Gasteiger partial charge in [0.1, 0.15) is 0 Å². The van der Waals surface area contributed by atoms with Crippen molar-refractivity contribution in [2.75, 3.05) is 45.8 Å². The zero-order valence-electron chi connectivity index (χ0n) is 15.7. The third-order valence-corrected chi connectivity index (χ3v) is 5.87. The van der Waals surface area contributed by atoms with Gasteiger partial charge >= 0.3 is 0 Å². The van der Waals surface area contributed by atoms with Gasteiger partial charge in [0.05, 0.1) is 12.1 Å². The van der Waals surface area contributed by atoms with E-state index in [1.54, 1.807) is 0 Å². The number of nitrogens with zero attached hydrogens (tertiary/aromatic N) is 3. The molecule has 3 aliphatic rings. The third-order valence-electron chi connectivity index (χ3n) is 5.87. The molecule has 0 spiro atoms. The van der Waals surface area contributed by atoms with Gasteiger partial charge in [-0.15, -0.1) is 24.8 Å². The van der Waals surface area contributed by atoms with Crippen molar-refractivity contribution in [3.63, 3.8) is 0 Å². The van der Waals surface area contributed by atoms with E-state index in [1.807, 2.05) is 9.80 Å². The van der Waals surface area contributed by atoms with Gasteiger partial charge < -0.3 is 15.5 Å². The van der Waals surface area contributed by atoms with E-state index < -0.39 is 5.54 Å². The summed E-state index contributed by atoms with van der Waals surface area (Å²) in [7, 11) is 0. The monoisotopic (exact) mass is 408 g/mol. The summed E-state index contributed by atoms with van der Waals surface area (Å²) in [6, 6.07) is 0. The summed E-state index contributed by atoms with van der Waals surface area (Å²) in [5, 5.41) is 0. The minimum Gasteiger partial charge on any atom is -0.342 e. The Morgan fingerprint density at radius 2 is 1.35 bits per heavy atom. The van der Waals surface area contributed by atoms with Gasteiger partial charge in [-0.1, -0.05) is 19.3 Å². The maximum Gasteiger partial charge on any atom is 0.242 e. The van der Waals surface area contributed by atoms with Crippen molar-refractivity contribution >= 4 is 36.6 Å². The van der Waals surface area contributed by atoms with Crippen LogP contribution in [0.15, 0.2) is 0 Å². The van der Waals surface area contributed by atoms with E-state index in [0.717, 1.165) is 77.7 Å². The standard InChI is InChI=1S/C18H32N4O2.2ClH/c19-18(7-2-1-3-8-18)17(24)22-12-6-9-20(13-14-22)15-16(23)21-10-4-5-11-21;;/h1-15,19H2;2*1H. The van der Waals surface area contributed by atoms with Crippen LogP contribution in [0.4, 0.5) is 0 Å². The van der Waals surface area contributed by atoms with Crippen molar-refractivity contribution < 1.29 is 9.59 Å². The first-order valence-electron chi connectivity index (χ1n) is 9.67. The molecule has 0 bridgehead atoms. The molecule has 26 heavy (non-hydrogen) atoms. The van der Waals surface area contributed by atoms with Crippen molar-refractivity contribution in [3.8, 4) is 0 Å².